The van der Waals surface area contributed by atoms with Gasteiger partial charge in [0, 0.05) is 6.54 Å². The number of nitrogens with zero attached hydrogens (tertiary/aromatic N) is 1. The summed E-state index contributed by atoms with van der Waals surface area (Å²) in [6.07, 6.45) is 1.79. The summed E-state index contributed by atoms with van der Waals surface area (Å²) < 4.78 is 24.8. The van der Waals surface area contributed by atoms with Crippen molar-refractivity contribution in [3.05, 3.63) is 29.8 Å². The molecule has 3 nitrogen and oxygen atoms in total. The van der Waals surface area contributed by atoms with Crippen LogP contribution in [0, 0.1) is 0 Å². The minimum absolute atomic E-state index is 0.360. The molecule has 0 fully saturated rings. The summed E-state index contributed by atoms with van der Waals surface area (Å²) in [5.74, 6) is 0. The molecule has 0 N–H and O–H groups in total. The van der Waals surface area contributed by atoms with Gasteiger partial charge in [-0.05, 0) is 24.5 Å². The number of hydrogen-bond donors (Lipinski definition) is 0. The second-order valence-corrected chi connectivity index (χ2v) is 6.00. The predicted octanol–water partition coefficient (Wildman–Crippen LogP) is 1.97. The Morgan fingerprint density at radius 3 is 2.80 bits per heavy atom. The van der Waals surface area contributed by atoms with E-state index >= 15 is 0 Å². The molecule has 0 atom stereocenters. The Morgan fingerprint density at radius 2 is 2.07 bits per heavy atom. The van der Waals surface area contributed by atoms with Crippen LogP contribution in [0.15, 0.2) is 24.3 Å². The third-order valence-electron chi connectivity index (χ3n) is 2.54. The fourth-order valence-electron chi connectivity index (χ4n) is 1.85. The number of benzene rings is 1. The Hall–Kier alpha value is -0.740. The summed E-state index contributed by atoms with van der Waals surface area (Å²) in [5, 5.41) is -0.360. The maximum absolute atomic E-state index is 11.7. The van der Waals surface area contributed by atoms with Crippen molar-refractivity contribution in [3.63, 3.8) is 0 Å². The van der Waals surface area contributed by atoms with E-state index in [0.29, 0.717) is 6.54 Å². The van der Waals surface area contributed by atoms with Crippen molar-refractivity contribution in [1.82, 2.24) is 0 Å². The van der Waals surface area contributed by atoms with Crippen LogP contribution in [0.4, 0.5) is 5.69 Å². The van der Waals surface area contributed by atoms with E-state index in [9.17, 15) is 8.42 Å². The molecule has 1 aromatic rings. The SMILES string of the molecule is O=S(=O)(CCl)N1CCCc2ccccc21. The molecule has 1 aliphatic rings. The van der Waals surface area contributed by atoms with Gasteiger partial charge in [-0.15, -0.1) is 11.6 Å². The Morgan fingerprint density at radius 1 is 1.33 bits per heavy atom. The summed E-state index contributed by atoms with van der Waals surface area (Å²) in [4.78, 5) is 0. The van der Waals surface area contributed by atoms with Gasteiger partial charge in [-0.2, -0.15) is 0 Å². The van der Waals surface area contributed by atoms with Crippen molar-refractivity contribution >= 4 is 27.3 Å². The van der Waals surface area contributed by atoms with Gasteiger partial charge in [0.15, 0.2) is 0 Å². The molecule has 1 aromatic carbocycles. The van der Waals surface area contributed by atoms with Crippen LogP contribution in [-0.4, -0.2) is 20.2 Å². The molecule has 82 valence electrons. The molecule has 1 aliphatic heterocycles. The average molecular weight is 246 g/mol. The molecule has 5 heteroatoms. The highest BCUT2D eigenvalue weighted by atomic mass is 35.5. The lowest BCUT2D eigenvalue weighted by molar-refractivity contribution is 0.591. The van der Waals surface area contributed by atoms with Crippen molar-refractivity contribution in [1.29, 1.82) is 0 Å². The molecule has 2 rings (SSSR count). The minimum atomic E-state index is -3.34. The van der Waals surface area contributed by atoms with E-state index in [1.165, 1.54) is 4.31 Å². The second-order valence-electron chi connectivity index (χ2n) is 3.53. The van der Waals surface area contributed by atoms with Crippen molar-refractivity contribution in [2.45, 2.75) is 12.8 Å². The van der Waals surface area contributed by atoms with Gasteiger partial charge in [-0.25, -0.2) is 8.42 Å². The van der Waals surface area contributed by atoms with Crippen LogP contribution >= 0.6 is 11.6 Å². The van der Waals surface area contributed by atoms with E-state index in [0.717, 1.165) is 24.1 Å². The zero-order chi connectivity index (χ0) is 10.9. The quantitative estimate of drug-likeness (QED) is 0.747. The van der Waals surface area contributed by atoms with Crippen molar-refractivity contribution in [2.75, 3.05) is 16.1 Å². The predicted molar refractivity (Wildman–Crippen MR) is 61.7 cm³/mol. The minimum Gasteiger partial charge on any atom is -0.269 e. The lowest BCUT2D eigenvalue weighted by Gasteiger charge is -2.29. The Labute approximate surface area is 94.7 Å². The Bertz CT molecular complexity index is 458. The third kappa shape index (κ3) is 1.96. The van der Waals surface area contributed by atoms with Gasteiger partial charge in [0.1, 0.15) is 5.21 Å². The highest BCUT2D eigenvalue weighted by Gasteiger charge is 2.25. The summed E-state index contributed by atoms with van der Waals surface area (Å²) >= 11 is 5.46. The number of anilines is 1. The van der Waals surface area contributed by atoms with Crippen LogP contribution in [0.1, 0.15) is 12.0 Å². The van der Waals surface area contributed by atoms with E-state index in [1.54, 1.807) is 0 Å². The number of alkyl halides is 1. The molecular formula is C10H12ClNO2S. The molecule has 0 unspecified atom stereocenters. The van der Waals surface area contributed by atoms with E-state index in [1.807, 2.05) is 24.3 Å². The fraction of sp³-hybridized carbons (Fsp3) is 0.400. The van der Waals surface area contributed by atoms with Gasteiger partial charge in [0.2, 0.25) is 10.0 Å². The number of halogens is 1. The van der Waals surface area contributed by atoms with Crippen molar-refractivity contribution < 1.29 is 8.42 Å². The zero-order valence-corrected chi connectivity index (χ0v) is 9.76. The van der Waals surface area contributed by atoms with Crippen LogP contribution in [-0.2, 0) is 16.4 Å². The van der Waals surface area contributed by atoms with E-state index in [4.69, 9.17) is 11.6 Å². The third-order valence-corrected chi connectivity index (χ3v) is 4.70. The fourth-order valence-corrected chi connectivity index (χ4v) is 3.20. The lowest BCUT2D eigenvalue weighted by atomic mass is 10.0. The number of hydrogen-bond acceptors (Lipinski definition) is 2. The smallest absolute Gasteiger partial charge is 0.249 e. The zero-order valence-electron chi connectivity index (χ0n) is 8.19. The first kappa shape index (κ1) is 10.8. The largest absolute Gasteiger partial charge is 0.269 e. The maximum Gasteiger partial charge on any atom is 0.249 e. The molecule has 0 aliphatic carbocycles. The van der Waals surface area contributed by atoms with Crippen LogP contribution in [0.5, 0.6) is 0 Å². The molecular weight excluding hydrogens is 234 g/mol. The molecule has 0 bridgehead atoms. The molecule has 1 heterocycles. The highest BCUT2D eigenvalue weighted by Crippen LogP contribution is 2.29. The normalized spacial score (nSPS) is 16.2. The number of aryl methyl sites for hydroxylation is 1. The second kappa shape index (κ2) is 4.02. The molecule has 0 spiro atoms. The summed E-state index contributed by atoms with van der Waals surface area (Å²) in [6.45, 7) is 0.534. The van der Waals surface area contributed by atoms with Gasteiger partial charge in [0.25, 0.3) is 0 Å². The van der Waals surface area contributed by atoms with E-state index < -0.39 is 10.0 Å². The maximum atomic E-state index is 11.7. The summed E-state index contributed by atoms with van der Waals surface area (Å²) in [6, 6.07) is 7.57. The summed E-state index contributed by atoms with van der Waals surface area (Å²) in [5.41, 5.74) is 1.86. The van der Waals surface area contributed by atoms with E-state index in [2.05, 4.69) is 0 Å². The summed E-state index contributed by atoms with van der Waals surface area (Å²) in [7, 11) is -3.34. The number of rotatable bonds is 2. The van der Waals surface area contributed by atoms with Crippen LogP contribution in [0.2, 0.25) is 0 Å². The van der Waals surface area contributed by atoms with Gasteiger partial charge >= 0.3 is 0 Å². The number of para-hydroxylation sites is 1. The lowest BCUT2D eigenvalue weighted by Crippen LogP contribution is -2.36. The van der Waals surface area contributed by atoms with Gasteiger partial charge in [-0.1, -0.05) is 18.2 Å². The van der Waals surface area contributed by atoms with Gasteiger partial charge in [-0.3, -0.25) is 4.31 Å². The first-order valence-corrected chi connectivity index (χ1v) is 6.94. The Balaban J connectivity index is 2.47. The highest BCUT2D eigenvalue weighted by molar-refractivity contribution is 7.93. The average Bonchev–Trinajstić information content (AvgIpc) is 2.28. The van der Waals surface area contributed by atoms with E-state index in [-0.39, 0.29) is 5.21 Å². The molecule has 0 radical (unpaired) electrons. The van der Waals surface area contributed by atoms with Crippen LogP contribution in [0.25, 0.3) is 0 Å². The number of sulfonamides is 1. The first-order valence-electron chi connectivity index (χ1n) is 4.79. The topological polar surface area (TPSA) is 37.4 Å². The van der Waals surface area contributed by atoms with Crippen molar-refractivity contribution in [3.8, 4) is 0 Å². The monoisotopic (exact) mass is 245 g/mol. The molecule has 0 amide bonds. The number of fused-ring (bicyclic) bond motifs is 1. The molecule has 15 heavy (non-hydrogen) atoms. The molecule has 0 aromatic heterocycles. The Kier molecular flexibility index (Phi) is 2.89. The molecule has 0 saturated carbocycles. The van der Waals surface area contributed by atoms with Gasteiger partial charge in [0.05, 0.1) is 5.69 Å². The first-order chi connectivity index (χ1) is 7.15. The van der Waals surface area contributed by atoms with Crippen LogP contribution in [0.3, 0.4) is 0 Å². The molecule has 0 saturated heterocycles. The van der Waals surface area contributed by atoms with Gasteiger partial charge < -0.3 is 0 Å². The van der Waals surface area contributed by atoms with Crippen molar-refractivity contribution in [2.24, 2.45) is 0 Å². The standard InChI is InChI=1S/C10H12ClNO2S/c11-8-15(13,14)12-7-3-5-9-4-1-2-6-10(9)12/h1-2,4,6H,3,5,7-8H2. The van der Waals surface area contributed by atoms with Crippen LogP contribution < -0.4 is 4.31 Å².